The van der Waals surface area contributed by atoms with Crippen LogP contribution in [0.2, 0.25) is 0 Å². The average Bonchev–Trinajstić information content (AvgIpc) is 2.80. The Bertz CT molecular complexity index is 1250. The van der Waals surface area contributed by atoms with Crippen LogP contribution < -0.4 is 9.47 Å². The van der Waals surface area contributed by atoms with Gasteiger partial charge in [0.2, 0.25) is 5.82 Å². The Morgan fingerprint density at radius 3 is 2.26 bits per heavy atom. The number of oxime groups is 1. The molecule has 0 fully saturated rings. The number of benzene rings is 2. The van der Waals surface area contributed by atoms with E-state index in [2.05, 4.69) is 31.1 Å². The quantitative estimate of drug-likeness (QED) is 0.119. The number of para-hydroxylation sites is 2. The second-order valence-corrected chi connectivity index (χ2v) is 10.2. The normalized spacial score (nSPS) is 11.7. The van der Waals surface area contributed by atoms with E-state index in [1.807, 2.05) is 0 Å². The summed E-state index contributed by atoms with van der Waals surface area (Å²) in [5, 5.41) is 3.72. The lowest BCUT2D eigenvalue weighted by Gasteiger charge is -2.20. The molecular weight excluding hydrogens is 593 g/mol. The predicted octanol–water partition coefficient (Wildman–Crippen LogP) is 6.48. The molecule has 0 bridgehead atoms. The van der Waals surface area contributed by atoms with E-state index >= 15 is 4.39 Å². The van der Waals surface area contributed by atoms with Gasteiger partial charge in [0.05, 0.1) is 10.0 Å². The van der Waals surface area contributed by atoms with Crippen LogP contribution in [0.25, 0.3) is 0 Å². The summed E-state index contributed by atoms with van der Waals surface area (Å²) in [5.41, 5.74) is -0.207. The Morgan fingerprint density at radius 2 is 1.66 bits per heavy atom. The highest BCUT2D eigenvalue weighted by Crippen LogP contribution is 2.38. The van der Waals surface area contributed by atoms with Crippen molar-refractivity contribution >= 4 is 62.7 Å². The zero-order valence-electron chi connectivity index (χ0n) is 17.9. The van der Waals surface area contributed by atoms with Crippen molar-refractivity contribution in [3.05, 3.63) is 70.7 Å². The van der Waals surface area contributed by atoms with Crippen molar-refractivity contribution in [1.82, 2.24) is 14.3 Å². The van der Waals surface area contributed by atoms with Crippen LogP contribution in [0.15, 0.2) is 64.5 Å². The van der Waals surface area contributed by atoms with Crippen LogP contribution in [-0.2, 0) is 9.63 Å². The molecule has 0 unspecified atom stereocenters. The first-order chi connectivity index (χ1) is 16.6. The predicted molar refractivity (Wildman–Crippen MR) is 132 cm³/mol. The van der Waals surface area contributed by atoms with E-state index in [0.717, 1.165) is 10.6 Å². The minimum Gasteiger partial charge on any atom is -0.436 e. The number of nitrogens with zero attached hydrogens (tertiary/aromatic N) is 4. The van der Waals surface area contributed by atoms with Gasteiger partial charge in [-0.15, -0.1) is 0 Å². The van der Waals surface area contributed by atoms with Crippen molar-refractivity contribution in [2.75, 3.05) is 14.2 Å². The van der Waals surface area contributed by atoms with Crippen LogP contribution >= 0.6 is 51.1 Å². The van der Waals surface area contributed by atoms with Gasteiger partial charge >= 0.3 is 3.92 Å². The molecule has 0 saturated heterocycles. The Balaban J connectivity index is 1.94. The fourth-order valence-corrected chi connectivity index (χ4v) is 4.08. The van der Waals surface area contributed by atoms with Gasteiger partial charge in [-0.2, -0.15) is 18.7 Å². The molecule has 2 aromatic carbocycles. The fourth-order valence-electron chi connectivity index (χ4n) is 2.61. The molecule has 3 aromatic rings. The topological polar surface area (TPSA) is 86.1 Å². The van der Waals surface area contributed by atoms with E-state index in [4.69, 9.17) is 37.5 Å². The maximum Gasteiger partial charge on any atom is 0.323 e. The lowest BCUT2D eigenvalue weighted by atomic mass is 10.1. The molecule has 14 heteroatoms. The molecule has 0 atom stereocenters. The van der Waals surface area contributed by atoms with Crippen LogP contribution in [-0.4, -0.2) is 44.0 Å². The number of ether oxygens (including phenoxy) is 2. The fraction of sp³-hybridized carbons (Fsp3) is 0.143. The number of likely N-dealkylation sites (N-methyl/N-ethyl adjacent to an activating group) is 1. The molecule has 3 rings (SSSR count). The van der Waals surface area contributed by atoms with Crippen molar-refractivity contribution < 1.29 is 27.9 Å². The first-order valence-electron chi connectivity index (χ1n) is 9.46. The van der Waals surface area contributed by atoms with Gasteiger partial charge in [0.25, 0.3) is 17.7 Å². The lowest BCUT2D eigenvalue weighted by molar-refractivity contribution is -0.118. The summed E-state index contributed by atoms with van der Waals surface area (Å²) in [5.74, 6) is -2.37. The molecule has 1 amide bonds. The molecule has 35 heavy (non-hydrogen) atoms. The maximum absolute atomic E-state index is 15.1. The summed E-state index contributed by atoms with van der Waals surface area (Å²) in [4.78, 5) is 25.3. The Kier molecular flexibility index (Phi) is 9.11. The maximum atomic E-state index is 15.1. The lowest BCUT2D eigenvalue weighted by Crippen LogP contribution is -2.31. The van der Waals surface area contributed by atoms with E-state index in [9.17, 15) is 9.18 Å². The van der Waals surface area contributed by atoms with Crippen LogP contribution in [0.4, 0.5) is 8.78 Å². The van der Waals surface area contributed by atoms with Gasteiger partial charge in [0.15, 0.2) is 5.71 Å². The molecule has 8 nitrogen and oxygen atoms in total. The van der Waals surface area contributed by atoms with Gasteiger partial charge in [0, 0.05) is 19.0 Å². The molecule has 0 spiro atoms. The van der Waals surface area contributed by atoms with E-state index in [1.165, 1.54) is 26.3 Å². The number of rotatable bonds is 9. The second-order valence-electron chi connectivity index (χ2n) is 6.39. The monoisotopic (exact) mass is 606 g/mol. The van der Waals surface area contributed by atoms with Crippen molar-refractivity contribution in [2.45, 2.75) is 3.92 Å². The SMILES string of the molecule is CON=C(C(=O)N(C)SC(F)(Cl)Cl)c1ccccc1Oc1ncnc(Oc2ccccc2Br)c1F. The smallest absolute Gasteiger partial charge is 0.323 e. The Hall–Kier alpha value is -2.67. The summed E-state index contributed by atoms with van der Waals surface area (Å²) in [6.07, 6.45) is 1.05. The van der Waals surface area contributed by atoms with Crippen molar-refractivity contribution in [3.8, 4) is 23.3 Å². The minimum absolute atomic E-state index is 0.0113. The summed E-state index contributed by atoms with van der Waals surface area (Å²) in [6, 6.07) is 12.9. The third kappa shape index (κ3) is 7.17. The first-order valence-corrected chi connectivity index (χ1v) is 11.8. The average molecular weight is 608 g/mol. The highest BCUT2D eigenvalue weighted by Gasteiger charge is 2.32. The van der Waals surface area contributed by atoms with Gasteiger partial charge in [0.1, 0.15) is 24.9 Å². The van der Waals surface area contributed by atoms with Crippen LogP contribution in [0.3, 0.4) is 0 Å². The highest BCUT2D eigenvalue weighted by atomic mass is 79.9. The molecule has 1 heterocycles. The zero-order chi connectivity index (χ0) is 25.6. The summed E-state index contributed by atoms with van der Waals surface area (Å²) < 4.78 is 38.6. The molecule has 0 radical (unpaired) electrons. The molecule has 184 valence electrons. The second kappa shape index (κ2) is 11.8. The first kappa shape index (κ1) is 26.9. The third-order valence-electron chi connectivity index (χ3n) is 4.03. The molecule has 0 aliphatic carbocycles. The Morgan fingerprint density at radius 1 is 1.09 bits per heavy atom. The standard InChI is InChI=1S/C21H15BrCl2F2N4O4S/c1-30(35-21(23,24)26)20(31)17(29-32-2)12-7-3-5-9-14(12)33-18-16(25)19(28-11-27-18)34-15-10-6-4-8-13(15)22/h3-11H,1-2H3. The van der Waals surface area contributed by atoms with E-state index in [-0.39, 0.29) is 34.9 Å². The van der Waals surface area contributed by atoms with Crippen LogP contribution in [0, 0.1) is 5.82 Å². The van der Waals surface area contributed by atoms with Gasteiger partial charge in [-0.25, -0.2) is 0 Å². The van der Waals surface area contributed by atoms with Gasteiger partial charge in [-0.3, -0.25) is 9.10 Å². The van der Waals surface area contributed by atoms with Crippen molar-refractivity contribution in [3.63, 3.8) is 0 Å². The number of hydrogen-bond donors (Lipinski definition) is 0. The summed E-state index contributed by atoms with van der Waals surface area (Å²) in [6.45, 7) is 0. The summed E-state index contributed by atoms with van der Waals surface area (Å²) in [7, 11) is 2.44. The van der Waals surface area contributed by atoms with Crippen LogP contribution in [0.1, 0.15) is 5.56 Å². The largest absolute Gasteiger partial charge is 0.436 e. The minimum atomic E-state index is -2.77. The van der Waals surface area contributed by atoms with Gasteiger partial charge < -0.3 is 14.3 Å². The molecule has 1 aromatic heterocycles. The highest BCUT2D eigenvalue weighted by molar-refractivity contribution is 9.10. The number of hydrogen-bond acceptors (Lipinski definition) is 8. The zero-order valence-corrected chi connectivity index (χ0v) is 21.8. The molecule has 0 saturated carbocycles. The number of carbonyl (C=O) groups excluding carboxylic acids is 1. The van der Waals surface area contributed by atoms with Crippen molar-refractivity contribution in [2.24, 2.45) is 5.16 Å². The molecular formula is C21H15BrCl2F2N4O4S. The number of alkyl halides is 3. The van der Waals surface area contributed by atoms with Gasteiger partial charge in [-0.1, -0.05) is 52.6 Å². The Labute approximate surface area is 221 Å². The molecule has 0 aliphatic rings. The van der Waals surface area contributed by atoms with Crippen LogP contribution in [0.5, 0.6) is 23.3 Å². The molecule has 0 aliphatic heterocycles. The number of amides is 1. The number of aromatic nitrogens is 2. The van der Waals surface area contributed by atoms with Gasteiger partial charge in [-0.05, 0) is 40.2 Å². The number of carbonyl (C=O) groups is 1. The van der Waals surface area contributed by atoms with E-state index in [1.54, 1.807) is 36.4 Å². The number of halogens is 5. The van der Waals surface area contributed by atoms with Crippen molar-refractivity contribution in [1.29, 1.82) is 0 Å². The summed E-state index contributed by atoms with van der Waals surface area (Å²) >= 11 is 14.2. The molecule has 0 N–H and O–H groups in total. The van der Waals surface area contributed by atoms with E-state index < -0.39 is 21.5 Å². The third-order valence-corrected chi connectivity index (χ3v) is 5.75. The van der Waals surface area contributed by atoms with E-state index in [0.29, 0.717) is 10.2 Å².